The monoisotopic (exact) mass is 327 g/mol. The third-order valence-electron chi connectivity index (χ3n) is 2.99. The van der Waals surface area contributed by atoms with Gasteiger partial charge in [0.2, 0.25) is 0 Å². The van der Waals surface area contributed by atoms with Crippen molar-refractivity contribution in [3.63, 3.8) is 0 Å². The van der Waals surface area contributed by atoms with E-state index in [1.807, 2.05) is 6.07 Å². The van der Waals surface area contributed by atoms with Crippen molar-refractivity contribution >= 4 is 27.8 Å². The molecule has 4 nitrogen and oxygen atoms in total. The zero-order chi connectivity index (χ0) is 14.6. The number of hydrogen-bond donors (Lipinski definition) is 0. The van der Waals surface area contributed by atoms with Crippen LogP contribution in [0.2, 0.25) is 0 Å². The standard InChI is InChI=1S/C14H18BrNO3/c1-5-19-13(18)14(2,3)16(4)12(17)10-7-6-8-11(15)9-10/h6-9H,5H2,1-4H3. The molecule has 19 heavy (non-hydrogen) atoms. The molecule has 0 bridgehead atoms. The van der Waals surface area contributed by atoms with Crippen LogP contribution in [0.15, 0.2) is 28.7 Å². The summed E-state index contributed by atoms with van der Waals surface area (Å²) >= 11 is 3.32. The molecule has 0 saturated heterocycles. The maximum absolute atomic E-state index is 12.3. The lowest BCUT2D eigenvalue weighted by Gasteiger charge is -2.33. The quantitative estimate of drug-likeness (QED) is 0.799. The number of amides is 1. The SMILES string of the molecule is CCOC(=O)C(C)(C)N(C)C(=O)c1cccc(Br)c1. The van der Waals surface area contributed by atoms with Crippen LogP contribution in [0, 0.1) is 0 Å². The molecular weight excluding hydrogens is 310 g/mol. The minimum absolute atomic E-state index is 0.223. The summed E-state index contributed by atoms with van der Waals surface area (Å²) in [6.45, 7) is 5.37. The second-order valence-electron chi connectivity index (χ2n) is 4.65. The Balaban J connectivity index is 2.96. The molecule has 1 aromatic carbocycles. The summed E-state index contributed by atoms with van der Waals surface area (Å²) in [5.41, 5.74) is -0.482. The Morgan fingerprint density at radius 1 is 1.37 bits per heavy atom. The van der Waals surface area contributed by atoms with Crippen LogP contribution in [0.25, 0.3) is 0 Å². The van der Waals surface area contributed by atoms with Gasteiger partial charge in [-0.15, -0.1) is 0 Å². The van der Waals surface area contributed by atoms with Crippen molar-refractivity contribution in [1.82, 2.24) is 4.90 Å². The summed E-state index contributed by atoms with van der Waals surface area (Å²) < 4.78 is 5.82. The minimum Gasteiger partial charge on any atom is -0.464 e. The summed E-state index contributed by atoms with van der Waals surface area (Å²) in [6.07, 6.45) is 0. The molecular formula is C14H18BrNO3. The smallest absolute Gasteiger partial charge is 0.331 e. The summed E-state index contributed by atoms with van der Waals surface area (Å²) in [5, 5.41) is 0. The first kappa shape index (κ1) is 15.7. The Morgan fingerprint density at radius 2 is 2.00 bits per heavy atom. The van der Waals surface area contributed by atoms with Crippen molar-refractivity contribution < 1.29 is 14.3 Å². The summed E-state index contributed by atoms with van der Waals surface area (Å²) in [6, 6.07) is 7.06. The molecule has 0 N–H and O–H groups in total. The Kier molecular flexibility index (Phi) is 5.11. The molecule has 0 saturated carbocycles. The third-order valence-corrected chi connectivity index (χ3v) is 3.48. The lowest BCUT2D eigenvalue weighted by Crippen LogP contribution is -2.51. The number of hydrogen-bond acceptors (Lipinski definition) is 3. The summed E-state index contributed by atoms with van der Waals surface area (Å²) in [4.78, 5) is 25.6. The van der Waals surface area contributed by atoms with Gasteiger partial charge >= 0.3 is 5.97 Å². The number of halogens is 1. The van der Waals surface area contributed by atoms with Crippen molar-refractivity contribution in [3.05, 3.63) is 34.3 Å². The number of carbonyl (C=O) groups excluding carboxylic acids is 2. The van der Waals surface area contributed by atoms with Gasteiger partial charge in [0.05, 0.1) is 6.61 Å². The molecule has 0 aliphatic heterocycles. The normalized spacial score (nSPS) is 11.0. The highest BCUT2D eigenvalue weighted by Crippen LogP contribution is 2.19. The van der Waals surface area contributed by atoms with Gasteiger partial charge in [0.25, 0.3) is 5.91 Å². The number of rotatable bonds is 4. The number of nitrogens with zero attached hydrogens (tertiary/aromatic N) is 1. The van der Waals surface area contributed by atoms with Crippen molar-refractivity contribution in [1.29, 1.82) is 0 Å². The second-order valence-corrected chi connectivity index (χ2v) is 5.57. The molecule has 0 unspecified atom stereocenters. The Labute approximate surface area is 121 Å². The van der Waals surface area contributed by atoms with Crippen LogP contribution in [0.3, 0.4) is 0 Å². The number of benzene rings is 1. The van der Waals surface area contributed by atoms with Gasteiger partial charge in [0.1, 0.15) is 5.54 Å². The zero-order valence-electron chi connectivity index (χ0n) is 11.6. The van der Waals surface area contributed by atoms with Gasteiger partial charge in [0.15, 0.2) is 0 Å². The van der Waals surface area contributed by atoms with Crippen molar-refractivity contribution in [3.8, 4) is 0 Å². The van der Waals surface area contributed by atoms with E-state index in [9.17, 15) is 9.59 Å². The molecule has 0 radical (unpaired) electrons. The van der Waals surface area contributed by atoms with Crippen LogP contribution in [0.4, 0.5) is 0 Å². The highest BCUT2D eigenvalue weighted by Gasteiger charge is 2.37. The molecule has 0 aliphatic carbocycles. The molecule has 0 aromatic heterocycles. The van der Waals surface area contributed by atoms with Crippen LogP contribution >= 0.6 is 15.9 Å². The molecule has 0 atom stereocenters. The molecule has 0 aliphatic rings. The maximum Gasteiger partial charge on any atom is 0.331 e. The van der Waals surface area contributed by atoms with Gasteiger partial charge in [-0.25, -0.2) is 4.79 Å². The van der Waals surface area contributed by atoms with E-state index in [-0.39, 0.29) is 5.91 Å². The molecule has 0 fully saturated rings. The van der Waals surface area contributed by atoms with Crippen LogP contribution < -0.4 is 0 Å². The van der Waals surface area contributed by atoms with Gasteiger partial charge in [-0.1, -0.05) is 22.0 Å². The Hall–Kier alpha value is -1.36. The van der Waals surface area contributed by atoms with E-state index in [0.29, 0.717) is 12.2 Å². The Morgan fingerprint density at radius 3 is 2.53 bits per heavy atom. The first-order valence-electron chi connectivity index (χ1n) is 6.01. The van der Waals surface area contributed by atoms with Gasteiger partial charge in [0, 0.05) is 17.1 Å². The fraction of sp³-hybridized carbons (Fsp3) is 0.429. The Bertz CT molecular complexity index is 485. The fourth-order valence-corrected chi connectivity index (χ4v) is 1.91. The number of ether oxygens (including phenoxy) is 1. The highest BCUT2D eigenvalue weighted by molar-refractivity contribution is 9.10. The molecule has 0 spiro atoms. The highest BCUT2D eigenvalue weighted by atomic mass is 79.9. The van der Waals surface area contributed by atoms with E-state index >= 15 is 0 Å². The van der Waals surface area contributed by atoms with Crippen molar-refractivity contribution in [2.75, 3.05) is 13.7 Å². The zero-order valence-corrected chi connectivity index (χ0v) is 13.2. The second kappa shape index (κ2) is 6.19. The average Bonchev–Trinajstić information content (AvgIpc) is 2.37. The van der Waals surface area contributed by atoms with Gasteiger partial charge < -0.3 is 9.64 Å². The summed E-state index contributed by atoms with van der Waals surface area (Å²) in [5.74, 6) is -0.639. The van der Waals surface area contributed by atoms with Gasteiger partial charge in [-0.3, -0.25) is 4.79 Å². The van der Waals surface area contributed by atoms with Gasteiger partial charge in [-0.2, -0.15) is 0 Å². The van der Waals surface area contributed by atoms with Crippen LogP contribution in [-0.4, -0.2) is 36.0 Å². The van der Waals surface area contributed by atoms with Crippen molar-refractivity contribution in [2.45, 2.75) is 26.3 Å². The third kappa shape index (κ3) is 3.56. The van der Waals surface area contributed by atoms with Crippen LogP contribution in [0.5, 0.6) is 0 Å². The first-order valence-corrected chi connectivity index (χ1v) is 6.81. The minimum atomic E-state index is -1.00. The lowest BCUT2D eigenvalue weighted by atomic mass is 10.0. The van der Waals surface area contributed by atoms with E-state index in [0.717, 1.165) is 4.47 Å². The van der Waals surface area contributed by atoms with E-state index in [1.54, 1.807) is 46.0 Å². The predicted molar refractivity (Wildman–Crippen MR) is 76.9 cm³/mol. The predicted octanol–water partition coefficient (Wildman–Crippen LogP) is 2.86. The van der Waals surface area contributed by atoms with E-state index < -0.39 is 11.5 Å². The largest absolute Gasteiger partial charge is 0.464 e. The van der Waals surface area contributed by atoms with E-state index in [4.69, 9.17) is 4.74 Å². The number of carbonyl (C=O) groups is 2. The maximum atomic E-state index is 12.3. The fourth-order valence-electron chi connectivity index (χ4n) is 1.51. The molecule has 104 valence electrons. The van der Waals surface area contributed by atoms with E-state index in [2.05, 4.69) is 15.9 Å². The van der Waals surface area contributed by atoms with E-state index in [1.165, 1.54) is 4.90 Å². The molecule has 0 heterocycles. The average molecular weight is 328 g/mol. The topological polar surface area (TPSA) is 46.6 Å². The van der Waals surface area contributed by atoms with Crippen LogP contribution in [0.1, 0.15) is 31.1 Å². The molecule has 1 aromatic rings. The number of esters is 1. The lowest BCUT2D eigenvalue weighted by molar-refractivity contribution is -0.153. The van der Waals surface area contributed by atoms with Crippen LogP contribution in [-0.2, 0) is 9.53 Å². The van der Waals surface area contributed by atoms with Crippen molar-refractivity contribution in [2.24, 2.45) is 0 Å². The van der Waals surface area contributed by atoms with Gasteiger partial charge in [-0.05, 0) is 39.0 Å². The molecule has 1 rings (SSSR count). The molecule has 1 amide bonds. The number of likely N-dealkylation sites (N-methyl/N-ethyl adjacent to an activating group) is 1. The molecule has 5 heteroatoms. The summed E-state index contributed by atoms with van der Waals surface area (Å²) in [7, 11) is 1.60. The first-order chi connectivity index (χ1) is 8.80.